The first-order chi connectivity index (χ1) is 9.14. The Morgan fingerprint density at radius 1 is 1.30 bits per heavy atom. The van der Waals surface area contributed by atoms with Crippen LogP contribution in [0, 0.1) is 5.41 Å². The highest BCUT2D eigenvalue weighted by atomic mass is 19.4. The van der Waals surface area contributed by atoms with E-state index >= 15 is 0 Å². The van der Waals surface area contributed by atoms with Crippen LogP contribution in [0.1, 0.15) is 52.9 Å². The van der Waals surface area contributed by atoms with Crippen LogP contribution < -0.4 is 5.32 Å². The zero-order chi connectivity index (χ0) is 15.4. The molecule has 1 fully saturated rings. The van der Waals surface area contributed by atoms with Crippen LogP contribution in [-0.2, 0) is 0 Å². The molecule has 0 aromatic carbocycles. The van der Waals surface area contributed by atoms with Crippen molar-refractivity contribution in [3.8, 4) is 0 Å². The van der Waals surface area contributed by atoms with Crippen molar-refractivity contribution in [2.75, 3.05) is 20.1 Å². The number of rotatable bonds is 6. The van der Waals surface area contributed by atoms with Gasteiger partial charge in [-0.05, 0) is 44.7 Å². The van der Waals surface area contributed by atoms with Gasteiger partial charge in [-0.15, -0.1) is 0 Å². The van der Waals surface area contributed by atoms with Crippen LogP contribution in [0.2, 0.25) is 0 Å². The second-order valence-corrected chi connectivity index (χ2v) is 6.88. The lowest BCUT2D eigenvalue weighted by molar-refractivity contribution is -0.139. The number of alkyl halides is 3. The van der Waals surface area contributed by atoms with Gasteiger partial charge < -0.3 is 10.2 Å². The Kier molecular flexibility index (Phi) is 6.32. The van der Waals surface area contributed by atoms with Gasteiger partial charge in [0, 0.05) is 18.6 Å². The lowest BCUT2D eigenvalue weighted by Gasteiger charge is -2.45. The SMILES string of the molecule is CCCNC1CCC(C)(C)CC1N(C)CCC(F)(F)F. The molecule has 0 heterocycles. The molecule has 0 spiro atoms. The van der Waals surface area contributed by atoms with Crippen molar-refractivity contribution in [3.63, 3.8) is 0 Å². The molecule has 0 aromatic heterocycles. The van der Waals surface area contributed by atoms with Crippen LogP contribution in [0.15, 0.2) is 0 Å². The average Bonchev–Trinajstić information content (AvgIpc) is 2.33. The quantitative estimate of drug-likeness (QED) is 0.801. The van der Waals surface area contributed by atoms with Crippen molar-refractivity contribution in [1.29, 1.82) is 0 Å². The Labute approximate surface area is 121 Å². The largest absolute Gasteiger partial charge is 0.390 e. The van der Waals surface area contributed by atoms with Crippen molar-refractivity contribution >= 4 is 0 Å². The molecule has 1 aliphatic carbocycles. The molecule has 0 amide bonds. The van der Waals surface area contributed by atoms with Crippen molar-refractivity contribution in [3.05, 3.63) is 0 Å². The average molecular weight is 294 g/mol. The van der Waals surface area contributed by atoms with Crippen molar-refractivity contribution in [2.24, 2.45) is 5.41 Å². The number of nitrogens with one attached hydrogen (secondary N) is 1. The molecule has 1 N–H and O–H groups in total. The molecule has 0 aromatic rings. The fraction of sp³-hybridized carbons (Fsp3) is 1.00. The van der Waals surface area contributed by atoms with Gasteiger partial charge in [-0.3, -0.25) is 0 Å². The number of hydrogen-bond donors (Lipinski definition) is 1. The molecule has 20 heavy (non-hydrogen) atoms. The second kappa shape index (κ2) is 7.12. The summed E-state index contributed by atoms with van der Waals surface area (Å²) in [6.45, 7) is 7.58. The minimum Gasteiger partial charge on any atom is -0.312 e. The first-order valence-electron chi connectivity index (χ1n) is 7.65. The molecule has 0 bridgehead atoms. The van der Waals surface area contributed by atoms with E-state index in [4.69, 9.17) is 0 Å². The Balaban J connectivity index is 2.62. The summed E-state index contributed by atoms with van der Waals surface area (Å²) in [7, 11) is 1.83. The van der Waals surface area contributed by atoms with Gasteiger partial charge >= 0.3 is 6.18 Å². The summed E-state index contributed by atoms with van der Waals surface area (Å²) < 4.78 is 37.2. The van der Waals surface area contributed by atoms with Gasteiger partial charge in [0.15, 0.2) is 0 Å². The van der Waals surface area contributed by atoms with E-state index in [1.165, 1.54) is 0 Å². The summed E-state index contributed by atoms with van der Waals surface area (Å²) in [4.78, 5) is 1.90. The lowest BCUT2D eigenvalue weighted by atomic mass is 9.72. The smallest absolute Gasteiger partial charge is 0.312 e. The van der Waals surface area contributed by atoms with E-state index in [1.807, 2.05) is 11.9 Å². The van der Waals surface area contributed by atoms with E-state index in [-0.39, 0.29) is 18.0 Å². The van der Waals surface area contributed by atoms with Gasteiger partial charge in [0.05, 0.1) is 6.42 Å². The molecule has 2 atom stereocenters. The van der Waals surface area contributed by atoms with E-state index in [9.17, 15) is 13.2 Å². The zero-order valence-corrected chi connectivity index (χ0v) is 13.2. The summed E-state index contributed by atoms with van der Waals surface area (Å²) in [6, 6.07) is 0.522. The Hall–Kier alpha value is -0.290. The summed E-state index contributed by atoms with van der Waals surface area (Å²) in [5.41, 5.74) is 0.224. The molecule has 5 heteroatoms. The molecular formula is C15H29F3N2. The van der Waals surface area contributed by atoms with Gasteiger partial charge in [-0.1, -0.05) is 20.8 Å². The molecular weight excluding hydrogens is 265 g/mol. The van der Waals surface area contributed by atoms with Crippen LogP contribution in [-0.4, -0.2) is 43.3 Å². The molecule has 1 rings (SSSR count). The maximum absolute atomic E-state index is 12.4. The van der Waals surface area contributed by atoms with Gasteiger partial charge in [-0.25, -0.2) is 0 Å². The third-order valence-corrected chi connectivity index (χ3v) is 4.33. The van der Waals surface area contributed by atoms with Gasteiger partial charge in [-0.2, -0.15) is 13.2 Å². The van der Waals surface area contributed by atoms with Gasteiger partial charge in [0.25, 0.3) is 0 Å². The van der Waals surface area contributed by atoms with E-state index in [0.717, 1.165) is 32.2 Å². The van der Waals surface area contributed by atoms with Crippen LogP contribution in [0.25, 0.3) is 0 Å². The molecule has 2 unspecified atom stereocenters. The molecule has 1 aliphatic rings. The Morgan fingerprint density at radius 2 is 1.95 bits per heavy atom. The summed E-state index contributed by atoms with van der Waals surface area (Å²) in [5, 5.41) is 3.51. The van der Waals surface area contributed by atoms with Crippen molar-refractivity contribution < 1.29 is 13.2 Å². The molecule has 2 nitrogen and oxygen atoms in total. The summed E-state index contributed by atoms with van der Waals surface area (Å²) >= 11 is 0. The lowest BCUT2D eigenvalue weighted by Crippen LogP contribution is -2.54. The Morgan fingerprint density at radius 3 is 2.50 bits per heavy atom. The van der Waals surface area contributed by atoms with E-state index in [2.05, 4.69) is 26.1 Å². The normalized spacial score (nSPS) is 27.0. The predicted octanol–water partition coefficient (Wildman–Crippen LogP) is 3.82. The summed E-state index contributed by atoms with van der Waals surface area (Å²) in [5.74, 6) is 0. The number of hydrogen-bond acceptors (Lipinski definition) is 2. The summed E-state index contributed by atoms with van der Waals surface area (Å²) in [6.07, 6.45) is -0.584. The highest BCUT2D eigenvalue weighted by Gasteiger charge is 2.37. The second-order valence-electron chi connectivity index (χ2n) is 6.88. The molecule has 0 saturated heterocycles. The molecule has 0 aliphatic heterocycles. The van der Waals surface area contributed by atoms with Crippen molar-refractivity contribution in [1.82, 2.24) is 10.2 Å². The van der Waals surface area contributed by atoms with Crippen LogP contribution in [0.4, 0.5) is 13.2 Å². The zero-order valence-electron chi connectivity index (χ0n) is 13.2. The highest BCUT2D eigenvalue weighted by molar-refractivity contribution is 4.93. The molecule has 0 radical (unpaired) electrons. The third-order valence-electron chi connectivity index (χ3n) is 4.33. The van der Waals surface area contributed by atoms with Crippen LogP contribution >= 0.6 is 0 Å². The molecule has 120 valence electrons. The third kappa shape index (κ3) is 6.00. The molecule has 1 saturated carbocycles. The fourth-order valence-corrected chi connectivity index (χ4v) is 3.05. The van der Waals surface area contributed by atoms with Gasteiger partial charge in [0.2, 0.25) is 0 Å². The monoisotopic (exact) mass is 294 g/mol. The number of nitrogens with zero attached hydrogens (tertiary/aromatic N) is 1. The fourth-order valence-electron chi connectivity index (χ4n) is 3.05. The number of likely N-dealkylation sites (N-methyl/N-ethyl adjacent to an activating group) is 1. The minimum absolute atomic E-state index is 0.0918. The van der Waals surface area contributed by atoms with Crippen LogP contribution in [0.3, 0.4) is 0 Å². The standard InChI is InChI=1S/C15H29F3N2/c1-5-9-19-12-6-7-14(2,3)11-13(12)20(4)10-8-15(16,17)18/h12-13,19H,5-11H2,1-4H3. The van der Waals surface area contributed by atoms with E-state index in [0.29, 0.717) is 6.04 Å². The predicted molar refractivity (Wildman–Crippen MR) is 76.8 cm³/mol. The minimum atomic E-state index is -4.06. The van der Waals surface area contributed by atoms with E-state index < -0.39 is 12.6 Å². The first kappa shape index (κ1) is 17.8. The van der Waals surface area contributed by atoms with Crippen LogP contribution in [0.5, 0.6) is 0 Å². The maximum atomic E-state index is 12.4. The topological polar surface area (TPSA) is 15.3 Å². The van der Waals surface area contributed by atoms with Crippen molar-refractivity contribution in [2.45, 2.75) is 71.1 Å². The van der Waals surface area contributed by atoms with Gasteiger partial charge in [0.1, 0.15) is 0 Å². The van der Waals surface area contributed by atoms with E-state index in [1.54, 1.807) is 0 Å². The number of halogens is 3. The Bertz CT molecular complexity index is 289. The highest BCUT2D eigenvalue weighted by Crippen LogP contribution is 2.37. The first-order valence-corrected chi connectivity index (χ1v) is 7.65. The maximum Gasteiger partial charge on any atom is 0.390 e.